The number of thiazole rings is 1. The van der Waals surface area contributed by atoms with Crippen molar-refractivity contribution in [1.29, 1.82) is 0 Å². The summed E-state index contributed by atoms with van der Waals surface area (Å²) in [5.74, 6) is -0.820. The zero-order valence-corrected chi connectivity index (χ0v) is 13.4. The zero-order valence-electron chi connectivity index (χ0n) is 11.0. The second-order valence-corrected chi connectivity index (χ2v) is 6.30. The van der Waals surface area contributed by atoms with Gasteiger partial charge in [-0.2, -0.15) is 13.2 Å². The number of halogens is 4. The van der Waals surface area contributed by atoms with Gasteiger partial charge in [0.25, 0.3) is 5.91 Å². The van der Waals surface area contributed by atoms with Crippen LogP contribution in [0.3, 0.4) is 0 Å². The van der Waals surface area contributed by atoms with Crippen molar-refractivity contribution in [3.05, 3.63) is 43.8 Å². The Bertz CT molecular complexity index is 697. The number of carbonyl (C=O) groups is 1. The molecule has 0 bridgehead atoms. The molecule has 112 valence electrons. The van der Waals surface area contributed by atoms with Crippen molar-refractivity contribution in [2.75, 3.05) is 5.32 Å². The smallest absolute Gasteiger partial charge is 0.320 e. The number of rotatable bonds is 2. The molecule has 21 heavy (non-hydrogen) atoms. The van der Waals surface area contributed by atoms with Crippen molar-refractivity contribution in [3.63, 3.8) is 0 Å². The highest BCUT2D eigenvalue weighted by molar-refractivity contribution is 9.10. The first-order chi connectivity index (χ1) is 9.70. The van der Waals surface area contributed by atoms with Crippen LogP contribution in [-0.2, 0) is 6.18 Å². The summed E-state index contributed by atoms with van der Waals surface area (Å²) in [7, 11) is 0. The first kappa shape index (κ1) is 16.0. The van der Waals surface area contributed by atoms with E-state index in [9.17, 15) is 18.0 Å². The van der Waals surface area contributed by atoms with E-state index in [-0.39, 0.29) is 5.01 Å². The van der Waals surface area contributed by atoms with Gasteiger partial charge in [-0.1, -0.05) is 12.1 Å². The van der Waals surface area contributed by atoms with Crippen LogP contribution in [0, 0.1) is 13.8 Å². The minimum absolute atomic E-state index is 0.191. The van der Waals surface area contributed by atoms with Crippen LogP contribution >= 0.6 is 27.3 Å². The molecule has 0 spiro atoms. The largest absolute Gasteiger partial charge is 0.435 e. The lowest BCUT2D eigenvalue weighted by molar-refractivity contribution is -0.141. The summed E-state index contributed by atoms with van der Waals surface area (Å²) in [6, 6.07) is 5.13. The molecule has 0 saturated heterocycles. The molecule has 0 fully saturated rings. The minimum atomic E-state index is -4.65. The van der Waals surface area contributed by atoms with Crippen molar-refractivity contribution in [3.8, 4) is 0 Å². The average molecular weight is 379 g/mol. The van der Waals surface area contributed by atoms with Gasteiger partial charge in [-0.3, -0.25) is 4.79 Å². The van der Waals surface area contributed by atoms with Crippen molar-refractivity contribution in [2.24, 2.45) is 0 Å². The summed E-state index contributed by atoms with van der Waals surface area (Å²) < 4.78 is 39.2. The molecule has 0 atom stereocenters. The number of nitrogens with one attached hydrogen (secondary N) is 1. The number of alkyl halides is 3. The van der Waals surface area contributed by atoms with Crippen molar-refractivity contribution >= 4 is 38.9 Å². The van der Waals surface area contributed by atoms with E-state index < -0.39 is 22.7 Å². The molecule has 1 aromatic carbocycles. The number of anilines is 1. The summed E-state index contributed by atoms with van der Waals surface area (Å²) >= 11 is 4.02. The summed E-state index contributed by atoms with van der Waals surface area (Å²) in [5.41, 5.74) is 0.134. The first-order valence-corrected chi connectivity index (χ1v) is 7.42. The van der Waals surface area contributed by atoms with Gasteiger partial charge in [-0.15, -0.1) is 11.3 Å². The minimum Gasteiger partial charge on any atom is -0.320 e. The summed E-state index contributed by atoms with van der Waals surface area (Å²) in [6.07, 6.45) is -4.65. The fourth-order valence-corrected chi connectivity index (χ4v) is 2.89. The molecule has 2 aromatic rings. The highest BCUT2D eigenvalue weighted by Crippen LogP contribution is 2.35. The van der Waals surface area contributed by atoms with Crippen LogP contribution in [0.1, 0.15) is 25.9 Å². The molecular weight excluding hydrogens is 369 g/mol. The molecule has 2 rings (SSSR count). The average Bonchev–Trinajstić information content (AvgIpc) is 2.77. The van der Waals surface area contributed by atoms with Crippen LogP contribution in [0.2, 0.25) is 0 Å². The third-order valence-corrected chi connectivity index (χ3v) is 4.67. The van der Waals surface area contributed by atoms with Crippen LogP contribution in [-0.4, -0.2) is 10.9 Å². The van der Waals surface area contributed by atoms with Crippen LogP contribution in [0.5, 0.6) is 0 Å². The highest BCUT2D eigenvalue weighted by Gasteiger charge is 2.39. The molecule has 3 nitrogen and oxygen atoms in total. The highest BCUT2D eigenvalue weighted by atomic mass is 79.9. The molecule has 1 heterocycles. The molecule has 0 unspecified atom stereocenters. The number of carbonyl (C=O) groups excluding carboxylic acids is 1. The molecule has 1 aromatic heterocycles. The maximum absolute atomic E-state index is 12.9. The van der Waals surface area contributed by atoms with Gasteiger partial charge in [0, 0.05) is 4.47 Å². The van der Waals surface area contributed by atoms with Gasteiger partial charge >= 0.3 is 6.18 Å². The third kappa shape index (κ3) is 3.44. The second-order valence-electron chi connectivity index (χ2n) is 4.30. The Morgan fingerprint density at radius 3 is 2.62 bits per heavy atom. The lowest BCUT2D eigenvalue weighted by atomic mass is 10.2. The van der Waals surface area contributed by atoms with Gasteiger partial charge in [0.1, 0.15) is 4.88 Å². The van der Waals surface area contributed by atoms with Gasteiger partial charge in [0.2, 0.25) is 0 Å². The van der Waals surface area contributed by atoms with E-state index in [1.165, 1.54) is 6.92 Å². The lowest BCUT2D eigenvalue weighted by Gasteiger charge is -2.10. The van der Waals surface area contributed by atoms with E-state index in [0.29, 0.717) is 10.2 Å². The Kier molecular flexibility index (Phi) is 4.38. The molecule has 1 amide bonds. The lowest BCUT2D eigenvalue weighted by Crippen LogP contribution is -2.17. The van der Waals surface area contributed by atoms with E-state index in [2.05, 4.69) is 26.2 Å². The Labute approximate surface area is 131 Å². The van der Waals surface area contributed by atoms with Crippen LogP contribution in [0.15, 0.2) is 22.7 Å². The molecular formula is C13H10BrF3N2OS. The van der Waals surface area contributed by atoms with Crippen LogP contribution < -0.4 is 5.32 Å². The molecule has 0 aliphatic carbocycles. The fraction of sp³-hybridized carbons (Fsp3) is 0.231. The van der Waals surface area contributed by atoms with Crippen LogP contribution in [0.25, 0.3) is 0 Å². The van der Waals surface area contributed by atoms with Gasteiger partial charge in [-0.25, -0.2) is 4.98 Å². The monoisotopic (exact) mass is 378 g/mol. The quantitative estimate of drug-likeness (QED) is 0.815. The first-order valence-electron chi connectivity index (χ1n) is 5.81. The number of hydrogen-bond donors (Lipinski definition) is 1. The molecule has 8 heteroatoms. The van der Waals surface area contributed by atoms with E-state index >= 15 is 0 Å². The maximum Gasteiger partial charge on any atom is 0.435 e. The molecule has 0 aliphatic rings. The summed E-state index contributed by atoms with van der Waals surface area (Å²) in [6.45, 7) is 3.25. The fourth-order valence-electron chi connectivity index (χ4n) is 1.70. The van der Waals surface area contributed by atoms with Crippen molar-refractivity contribution in [1.82, 2.24) is 4.98 Å². The van der Waals surface area contributed by atoms with Crippen molar-refractivity contribution < 1.29 is 18.0 Å². The molecule has 1 N–H and O–H groups in total. The Morgan fingerprint density at radius 2 is 2.00 bits per heavy atom. The van der Waals surface area contributed by atoms with Crippen LogP contribution in [0.4, 0.5) is 18.9 Å². The third-order valence-electron chi connectivity index (χ3n) is 2.65. The van der Waals surface area contributed by atoms with Gasteiger partial charge in [0.05, 0.1) is 10.7 Å². The standard InChI is InChI=1S/C13H10BrF3N2OS/c1-6-4-3-5-8(9(6)14)19-12(20)10-11(13(15,16)17)18-7(2)21-10/h3-5H,1-2H3,(H,19,20). The maximum atomic E-state index is 12.9. The predicted octanol–water partition coefficient (Wildman–Crippen LogP) is 4.79. The van der Waals surface area contributed by atoms with E-state index in [1.54, 1.807) is 12.1 Å². The van der Waals surface area contributed by atoms with Gasteiger partial charge in [-0.05, 0) is 41.4 Å². The topological polar surface area (TPSA) is 42.0 Å². The number of aromatic nitrogens is 1. The SMILES string of the molecule is Cc1nc(C(F)(F)F)c(C(=O)Nc2cccc(C)c2Br)s1. The Hall–Kier alpha value is -1.41. The van der Waals surface area contributed by atoms with E-state index in [1.807, 2.05) is 13.0 Å². The Balaban J connectivity index is 2.36. The number of hydrogen-bond acceptors (Lipinski definition) is 3. The number of aryl methyl sites for hydroxylation is 2. The number of nitrogens with zero attached hydrogens (tertiary/aromatic N) is 1. The normalized spacial score (nSPS) is 11.5. The molecule has 0 radical (unpaired) electrons. The molecule has 0 saturated carbocycles. The summed E-state index contributed by atoms with van der Waals surface area (Å²) in [4.78, 5) is 15.1. The predicted molar refractivity (Wildman–Crippen MR) is 78.7 cm³/mol. The number of benzene rings is 1. The summed E-state index contributed by atoms with van der Waals surface area (Å²) in [5, 5.41) is 2.67. The van der Waals surface area contributed by atoms with E-state index in [4.69, 9.17) is 0 Å². The Morgan fingerprint density at radius 1 is 1.33 bits per heavy atom. The second kappa shape index (κ2) is 5.76. The van der Waals surface area contributed by atoms with Gasteiger partial charge in [0.15, 0.2) is 5.69 Å². The number of amides is 1. The molecule has 0 aliphatic heterocycles. The van der Waals surface area contributed by atoms with Crippen molar-refractivity contribution in [2.45, 2.75) is 20.0 Å². The van der Waals surface area contributed by atoms with E-state index in [0.717, 1.165) is 16.9 Å². The zero-order chi connectivity index (χ0) is 15.8. The van der Waals surface area contributed by atoms with Gasteiger partial charge < -0.3 is 5.32 Å².